The van der Waals surface area contributed by atoms with Crippen LogP contribution in [-0.2, 0) is 14.4 Å². The summed E-state index contributed by atoms with van der Waals surface area (Å²) in [5.74, 6) is -3.56. The molecule has 182 valence electrons. The zero-order valence-electron chi connectivity index (χ0n) is 18.3. The first kappa shape index (κ1) is 24.0. The molecule has 34 heavy (non-hydrogen) atoms. The molecule has 2 fully saturated rings. The van der Waals surface area contributed by atoms with Crippen LogP contribution in [0.5, 0.6) is 0 Å². The molecule has 0 spiro atoms. The Morgan fingerprint density at radius 2 is 1.91 bits per heavy atom. The Labute approximate surface area is 199 Å². The van der Waals surface area contributed by atoms with E-state index in [9.17, 15) is 28.7 Å². The van der Waals surface area contributed by atoms with Crippen LogP contribution in [0.3, 0.4) is 0 Å². The Morgan fingerprint density at radius 3 is 2.56 bits per heavy atom. The molecule has 2 aromatic rings. The van der Waals surface area contributed by atoms with Crippen LogP contribution >= 0.6 is 11.6 Å². The maximum atomic E-state index is 14.1. The van der Waals surface area contributed by atoms with Gasteiger partial charge in [-0.25, -0.2) is 9.18 Å². The second kappa shape index (κ2) is 10.0. The standard InChI is InChI=1S/C23H26ClFN4O5/c24-14-5-6-15(25)19-13(14)10-17(27-19)22(32)28-16(8-11-3-4-11)21(31)29-18(23(33)34)9-12-2-1-7-26-20(12)30/h5-6,10-12,16,18,27H,1-4,7-9H2,(H,26,30)(H,28,32)(H,29,31)(H,33,34)/t12-,16-,18-/m0/s1. The lowest BCUT2D eigenvalue weighted by Gasteiger charge is -2.26. The van der Waals surface area contributed by atoms with Crippen molar-refractivity contribution in [2.75, 3.05) is 6.54 Å². The van der Waals surface area contributed by atoms with Crippen LogP contribution < -0.4 is 16.0 Å². The van der Waals surface area contributed by atoms with E-state index in [2.05, 4.69) is 20.9 Å². The quantitative estimate of drug-likeness (QED) is 0.365. The molecule has 1 aliphatic heterocycles. The lowest BCUT2D eigenvalue weighted by molar-refractivity contribution is -0.143. The maximum absolute atomic E-state index is 14.1. The van der Waals surface area contributed by atoms with Gasteiger partial charge in [-0.3, -0.25) is 14.4 Å². The first-order valence-corrected chi connectivity index (χ1v) is 11.7. The summed E-state index contributed by atoms with van der Waals surface area (Å²) in [5.41, 5.74) is 0.113. The van der Waals surface area contributed by atoms with Gasteiger partial charge >= 0.3 is 5.97 Å². The van der Waals surface area contributed by atoms with Gasteiger partial charge in [-0.1, -0.05) is 24.4 Å². The highest BCUT2D eigenvalue weighted by atomic mass is 35.5. The average Bonchev–Trinajstić information content (AvgIpc) is 3.49. The number of piperidine rings is 1. The number of carboxylic acids is 1. The van der Waals surface area contributed by atoms with E-state index >= 15 is 0 Å². The van der Waals surface area contributed by atoms with Crippen LogP contribution in [0.15, 0.2) is 18.2 Å². The molecule has 11 heteroatoms. The van der Waals surface area contributed by atoms with Gasteiger partial charge in [0.1, 0.15) is 23.6 Å². The second-order valence-corrected chi connectivity index (χ2v) is 9.38. The third kappa shape index (κ3) is 5.49. The van der Waals surface area contributed by atoms with Crippen molar-refractivity contribution in [1.29, 1.82) is 0 Å². The van der Waals surface area contributed by atoms with E-state index in [0.717, 1.165) is 19.3 Å². The van der Waals surface area contributed by atoms with Crippen molar-refractivity contribution in [2.24, 2.45) is 11.8 Å². The normalized spacial score (nSPS) is 19.8. The van der Waals surface area contributed by atoms with E-state index in [0.29, 0.717) is 24.8 Å². The molecule has 0 unspecified atom stereocenters. The van der Waals surface area contributed by atoms with Crippen molar-refractivity contribution in [3.63, 3.8) is 0 Å². The highest BCUT2D eigenvalue weighted by molar-refractivity contribution is 6.35. The number of carboxylic acid groups (broad SMARTS) is 1. The molecule has 1 aromatic heterocycles. The molecule has 1 saturated carbocycles. The fraction of sp³-hybridized carbons (Fsp3) is 0.478. The lowest BCUT2D eigenvalue weighted by atomic mass is 9.91. The van der Waals surface area contributed by atoms with Crippen molar-refractivity contribution < 1.29 is 28.7 Å². The van der Waals surface area contributed by atoms with E-state index in [1.165, 1.54) is 18.2 Å². The second-order valence-electron chi connectivity index (χ2n) is 8.97. The number of nitrogens with one attached hydrogen (secondary N) is 4. The van der Waals surface area contributed by atoms with Crippen molar-refractivity contribution in [2.45, 2.75) is 50.6 Å². The molecule has 3 atom stereocenters. The number of aliphatic carboxylic acids is 1. The van der Waals surface area contributed by atoms with Gasteiger partial charge in [-0.15, -0.1) is 0 Å². The molecule has 9 nitrogen and oxygen atoms in total. The lowest BCUT2D eigenvalue weighted by Crippen LogP contribution is -2.53. The largest absolute Gasteiger partial charge is 0.480 e. The number of carbonyl (C=O) groups is 4. The minimum Gasteiger partial charge on any atom is -0.480 e. The van der Waals surface area contributed by atoms with Gasteiger partial charge in [0.2, 0.25) is 11.8 Å². The number of amides is 3. The molecule has 1 aromatic carbocycles. The number of rotatable bonds is 9. The maximum Gasteiger partial charge on any atom is 0.326 e. The summed E-state index contributed by atoms with van der Waals surface area (Å²) < 4.78 is 14.1. The average molecular weight is 493 g/mol. The van der Waals surface area contributed by atoms with Gasteiger partial charge in [0.15, 0.2) is 0 Å². The summed E-state index contributed by atoms with van der Waals surface area (Å²) in [7, 11) is 0. The molecule has 1 saturated heterocycles. The van der Waals surface area contributed by atoms with Gasteiger partial charge in [-0.2, -0.15) is 0 Å². The fourth-order valence-corrected chi connectivity index (χ4v) is 4.48. The summed E-state index contributed by atoms with van der Waals surface area (Å²) in [6.07, 6.45) is 3.44. The third-order valence-electron chi connectivity index (χ3n) is 6.36. The van der Waals surface area contributed by atoms with Gasteiger partial charge in [0.05, 0.1) is 10.5 Å². The molecule has 4 rings (SSSR count). The van der Waals surface area contributed by atoms with E-state index in [4.69, 9.17) is 11.6 Å². The van der Waals surface area contributed by atoms with E-state index < -0.39 is 41.6 Å². The summed E-state index contributed by atoms with van der Waals surface area (Å²) in [4.78, 5) is 52.4. The van der Waals surface area contributed by atoms with E-state index in [-0.39, 0.29) is 34.5 Å². The van der Waals surface area contributed by atoms with Crippen LogP contribution in [-0.4, -0.2) is 52.4 Å². The topological polar surface area (TPSA) is 140 Å². The molecule has 0 radical (unpaired) electrons. The van der Waals surface area contributed by atoms with Crippen molar-refractivity contribution in [1.82, 2.24) is 20.9 Å². The van der Waals surface area contributed by atoms with Gasteiger partial charge < -0.3 is 26.0 Å². The minimum atomic E-state index is -1.26. The Bertz CT molecular complexity index is 1090. The van der Waals surface area contributed by atoms with Gasteiger partial charge in [-0.05, 0) is 49.8 Å². The summed E-state index contributed by atoms with van der Waals surface area (Å²) >= 11 is 6.09. The smallest absolute Gasteiger partial charge is 0.326 e. The fourth-order valence-electron chi connectivity index (χ4n) is 4.27. The SMILES string of the molecule is O=C(N[C@@H](CC1CC1)C(=O)N[C@@H](C[C@@H]1CCCNC1=O)C(=O)O)c1cc2c(Cl)ccc(F)c2[nH]1. The number of aromatic nitrogens is 1. The first-order chi connectivity index (χ1) is 16.2. The van der Waals surface area contributed by atoms with Gasteiger partial charge in [0.25, 0.3) is 5.91 Å². The predicted octanol–water partition coefficient (Wildman–Crippen LogP) is 2.34. The summed E-state index contributed by atoms with van der Waals surface area (Å²) in [6.45, 7) is 0.553. The number of fused-ring (bicyclic) bond motifs is 1. The number of hydrogen-bond donors (Lipinski definition) is 5. The van der Waals surface area contributed by atoms with Crippen molar-refractivity contribution in [3.8, 4) is 0 Å². The van der Waals surface area contributed by atoms with Crippen LogP contribution in [0.25, 0.3) is 10.9 Å². The number of H-pyrrole nitrogens is 1. The van der Waals surface area contributed by atoms with Crippen molar-refractivity contribution in [3.05, 3.63) is 34.7 Å². The highest BCUT2D eigenvalue weighted by Gasteiger charge is 2.35. The molecule has 2 heterocycles. The molecular formula is C23H26ClFN4O5. The van der Waals surface area contributed by atoms with Crippen LogP contribution in [0.2, 0.25) is 5.02 Å². The number of benzene rings is 1. The molecule has 3 amide bonds. The summed E-state index contributed by atoms with van der Waals surface area (Å²) in [5, 5.41) is 18.1. The Kier molecular flexibility index (Phi) is 7.06. The summed E-state index contributed by atoms with van der Waals surface area (Å²) in [6, 6.07) is 1.74. The van der Waals surface area contributed by atoms with E-state index in [1.807, 2.05) is 0 Å². The zero-order chi connectivity index (χ0) is 24.4. The Balaban J connectivity index is 1.47. The van der Waals surface area contributed by atoms with E-state index in [1.54, 1.807) is 0 Å². The van der Waals surface area contributed by atoms with Crippen LogP contribution in [0, 0.1) is 17.7 Å². The Morgan fingerprint density at radius 1 is 1.15 bits per heavy atom. The molecule has 2 aliphatic rings. The number of aromatic amines is 1. The number of hydrogen-bond acceptors (Lipinski definition) is 4. The monoisotopic (exact) mass is 492 g/mol. The molecule has 0 bridgehead atoms. The van der Waals surface area contributed by atoms with Crippen LogP contribution in [0.1, 0.15) is 49.0 Å². The predicted molar refractivity (Wildman–Crippen MR) is 122 cm³/mol. The van der Waals surface area contributed by atoms with Crippen LogP contribution in [0.4, 0.5) is 4.39 Å². The van der Waals surface area contributed by atoms with Crippen molar-refractivity contribution >= 4 is 46.2 Å². The molecule has 5 N–H and O–H groups in total. The Hall–Kier alpha value is -3.14. The zero-order valence-corrected chi connectivity index (χ0v) is 19.1. The molecule has 1 aliphatic carbocycles. The first-order valence-electron chi connectivity index (χ1n) is 11.3. The third-order valence-corrected chi connectivity index (χ3v) is 6.69. The minimum absolute atomic E-state index is 0.0310. The number of carbonyl (C=O) groups excluding carboxylic acids is 3. The highest BCUT2D eigenvalue weighted by Crippen LogP contribution is 2.34. The van der Waals surface area contributed by atoms with Gasteiger partial charge in [0, 0.05) is 17.8 Å². The number of halogens is 2. The molecular weight excluding hydrogens is 467 g/mol.